The molecule has 0 aromatic heterocycles. The van der Waals surface area contributed by atoms with Gasteiger partial charge in [0.25, 0.3) is 5.91 Å². The van der Waals surface area contributed by atoms with E-state index in [9.17, 15) is 19.2 Å². The minimum Gasteiger partial charge on any atom is -0.454 e. The number of hydrogen-bond acceptors (Lipinski definition) is 5. The Morgan fingerprint density at radius 2 is 1.60 bits per heavy atom. The molecule has 0 unspecified atom stereocenters. The number of para-hydroxylation sites is 1. The van der Waals surface area contributed by atoms with Crippen molar-refractivity contribution in [3.63, 3.8) is 0 Å². The number of fused-ring (bicyclic) bond motifs is 5. The fourth-order valence-corrected chi connectivity index (χ4v) is 5.97. The average Bonchev–Trinajstić information content (AvgIpc) is 3.30. The van der Waals surface area contributed by atoms with Gasteiger partial charge in [-0.2, -0.15) is 0 Å². The summed E-state index contributed by atoms with van der Waals surface area (Å²) in [6.45, 7) is 2.70. The molecular formula is C21H22Cl2N2O5. The Morgan fingerprint density at radius 1 is 1.07 bits per heavy atom. The van der Waals surface area contributed by atoms with Gasteiger partial charge in [0, 0.05) is 5.69 Å². The topological polar surface area (TPSA) is 92.8 Å². The van der Waals surface area contributed by atoms with Crippen molar-refractivity contribution in [2.45, 2.75) is 31.0 Å². The molecule has 0 radical (unpaired) electrons. The van der Waals surface area contributed by atoms with Crippen LogP contribution in [-0.2, 0) is 23.9 Å². The minimum absolute atomic E-state index is 0.148. The summed E-state index contributed by atoms with van der Waals surface area (Å²) in [7, 11) is 0. The summed E-state index contributed by atoms with van der Waals surface area (Å²) in [4.78, 5) is 50.8. The van der Waals surface area contributed by atoms with Gasteiger partial charge < -0.3 is 10.1 Å². The van der Waals surface area contributed by atoms with Crippen LogP contribution >= 0.6 is 23.2 Å². The Hall–Kier alpha value is -2.12. The van der Waals surface area contributed by atoms with E-state index in [-0.39, 0.29) is 22.6 Å². The molecule has 2 bridgehead atoms. The van der Waals surface area contributed by atoms with Crippen molar-refractivity contribution in [3.8, 4) is 0 Å². The molecule has 160 valence electrons. The molecule has 6 atom stereocenters. The van der Waals surface area contributed by atoms with E-state index in [1.165, 1.54) is 0 Å². The molecule has 1 N–H and O–H groups in total. The number of rotatable bonds is 5. The second-order valence-corrected chi connectivity index (χ2v) is 9.25. The number of halogens is 2. The van der Waals surface area contributed by atoms with Crippen LogP contribution in [0.3, 0.4) is 0 Å². The lowest BCUT2D eigenvalue weighted by Gasteiger charge is -2.28. The van der Waals surface area contributed by atoms with E-state index >= 15 is 0 Å². The first-order chi connectivity index (χ1) is 14.2. The van der Waals surface area contributed by atoms with Crippen molar-refractivity contribution in [2.75, 3.05) is 18.5 Å². The van der Waals surface area contributed by atoms with Crippen molar-refractivity contribution >= 4 is 52.6 Å². The zero-order valence-corrected chi connectivity index (χ0v) is 18.1. The van der Waals surface area contributed by atoms with Crippen molar-refractivity contribution in [3.05, 3.63) is 29.3 Å². The molecule has 4 rings (SSSR count). The van der Waals surface area contributed by atoms with Crippen LogP contribution in [0.25, 0.3) is 0 Å². The number of nitrogens with one attached hydrogen (secondary N) is 1. The van der Waals surface area contributed by atoms with Crippen LogP contribution in [0.2, 0.25) is 0 Å². The molecule has 3 amide bonds. The van der Waals surface area contributed by atoms with Gasteiger partial charge in [0.05, 0.1) is 22.6 Å². The van der Waals surface area contributed by atoms with E-state index in [0.29, 0.717) is 12.1 Å². The summed E-state index contributed by atoms with van der Waals surface area (Å²) in [6.07, 6.45) is 0.659. The van der Waals surface area contributed by atoms with Gasteiger partial charge >= 0.3 is 5.97 Å². The lowest BCUT2D eigenvalue weighted by atomic mass is 9.80. The maximum absolute atomic E-state index is 12.7. The van der Waals surface area contributed by atoms with E-state index < -0.39 is 48.7 Å². The highest BCUT2D eigenvalue weighted by atomic mass is 35.5. The standard InChI is InChI=1S/C21H22Cl2N2O5/c1-9-4-3-5-10(2)19(9)24-13(26)8-30-14(27)7-25-20(28)15-11-6-12(16(15)21(25)29)18(23)17(11)22/h3-5,11-12,15-18H,6-8H2,1-2H3,(H,24,26)/t11-,12-,15-,16+,17+,18+/m1/s1. The van der Waals surface area contributed by atoms with Crippen LogP contribution in [0, 0.1) is 37.5 Å². The van der Waals surface area contributed by atoms with E-state index in [4.69, 9.17) is 27.9 Å². The van der Waals surface area contributed by atoms with Gasteiger partial charge in [-0.3, -0.25) is 24.1 Å². The Morgan fingerprint density at radius 3 is 2.13 bits per heavy atom. The van der Waals surface area contributed by atoms with Gasteiger partial charge in [-0.05, 0) is 43.2 Å². The fourth-order valence-electron chi connectivity index (χ4n) is 5.07. The number of aryl methyl sites for hydroxylation is 2. The first-order valence-corrected chi connectivity index (χ1v) is 10.7. The number of amides is 3. The van der Waals surface area contributed by atoms with Gasteiger partial charge in [-0.1, -0.05) is 18.2 Å². The number of hydrogen-bond donors (Lipinski definition) is 1. The SMILES string of the molecule is Cc1cccc(C)c1NC(=O)COC(=O)CN1C(=O)[C@@H]2[C@H]3C[C@@H]([C@H](Cl)[C@H]3Cl)[C@@H]2C1=O. The summed E-state index contributed by atoms with van der Waals surface area (Å²) < 4.78 is 5.00. The number of carbonyl (C=O) groups is 4. The van der Waals surface area contributed by atoms with Crippen LogP contribution in [0.1, 0.15) is 17.5 Å². The molecule has 7 nitrogen and oxygen atoms in total. The number of ether oxygens (including phenoxy) is 1. The van der Waals surface area contributed by atoms with Crippen molar-refractivity contribution in [2.24, 2.45) is 23.7 Å². The van der Waals surface area contributed by atoms with Crippen LogP contribution in [-0.4, -0.2) is 52.5 Å². The molecule has 3 aliphatic rings. The molecule has 3 fully saturated rings. The molecule has 1 aliphatic heterocycles. The molecule has 1 aromatic rings. The van der Waals surface area contributed by atoms with Crippen LogP contribution in [0.5, 0.6) is 0 Å². The smallest absolute Gasteiger partial charge is 0.326 e. The summed E-state index contributed by atoms with van der Waals surface area (Å²) in [5.41, 5.74) is 2.44. The molecule has 9 heteroatoms. The number of esters is 1. The summed E-state index contributed by atoms with van der Waals surface area (Å²) in [6, 6.07) is 5.60. The number of carbonyl (C=O) groups excluding carboxylic acids is 4. The maximum atomic E-state index is 12.7. The predicted molar refractivity (Wildman–Crippen MR) is 110 cm³/mol. The zero-order valence-electron chi connectivity index (χ0n) is 16.6. The third kappa shape index (κ3) is 3.38. The van der Waals surface area contributed by atoms with Crippen LogP contribution in [0.15, 0.2) is 18.2 Å². The minimum atomic E-state index is -0.814. The summed E-state index contributed by atoms with van der Waals surface area (Å²) in [5, 5.41) is 2.01. The summed E-state index contributed by atoms with van der Waals surface area (Å²) in [5.74, 6) is -3.43. The highest BCUT2D eigenvalue weighted by Gasteiger charge is 2.66. The van der Waals surface area contributed by atoms with E-state index in [2.05, 4.69) is 5.32 Å². The van der Waals surface area contributed by atoms with Gasteiger partial charge in [-0.25, -0.2) is 0 Å². The van der Waals surface area contributed by atoms with E-state index in [1.54, 1.807) is 0 Å². The predicted octanol–water partition coefficient (Wildman–Crippen LogP) is 2.25. The first-order valence-electron chi connectivity index (χ1n) is 9.85. The number of alkyl halides is 2. The number of nitrogens with zero attached hydrogens (tertiary/aromatic N) is 1. The van der Waals surface area contributed by atoms with E-state index in [0.717, 1.165) is 16.0 Å². The van der Waals surface area contributed by atoms with Gasteiger partial charge in [0.15, 0.2) is 6.61 Å². The lowest BCUT2D eigenvalue weighted by molar-refractivity contribution is -0.154. The van der Waals surface area contributed by atoms with Crippen molar-refractivity contribution in [1.29, 1.82) is 0 Å². The number of benzene rings is 1. The zero-order chi connectivity index (χ0) is 21.7. The van der Waals surface area contributed by atoms with Crippen molar-refractivity contribution < 1.29 is 23.9 Å². The molecule has 2 saturated carbocycles. The van der Waals surface area contributed by atoms with Gasteiger partial charge in [0.2, 0.25) is 11.8 Å². The third-order valence-electron chi connectivity index (χ3n) is 6.48. The fraction of sp³-hybridized carbons (Fsp3) is 0.524. The Bertz CT molecular complexity index is 884. The van der Waals surface area contributed by atoms with Crippen LogP contribution < -0.4 is 5.32 Å². The Kier molecular flexibility index (Phi) is 5.53. The first kappa shape index (κ1) is 21.1. The number of imide groups is 1. The second kappa shape index (κ2) is 7.85. The molecule has 2 aliphatic carbocycles. The highest BCUT2D eigenvalue weighted by molar-refractivity contribution is 6.31. The molecule has 1 saturated heterocycles. The highest BCUT2D eigenvalue weighted by Crippen LogP contribution is 2.59. The number of likely N-dealkylation sites (tertiary alicyclic amines) is 1. The second-order valence-electron chi connectivity index (χ2n) is 8.24. The summed E-state index contributed by atoms with van der Waals surface area (Å²) >= 11 is 12.6. The van der Waals surface area contributed by atoms with Crippen molar-refractivity contribution in [1.82, 2.24) is 4.90 Å². The van der Waals surface area contributed by atoms with Gasteiger partial charge in [-0.15, -0.1) is 23.2 Å². The molecule has 0 spiro atoms. The lowest BCUT2D eigenvalue weighted by Crippen LogP contribution is -2.38. The van der Waals surface area contributed by atoms with Crippen LogP contribution in [0.4, 0.5) is 5.69 Å². The Balaban J connectivity index is 1.33. The molecule has 1 heterocycles. The quantitative estimate of drug-likeness (QED) is 0.420. The largest absolute Gasteiger partial charge is 0.454 e. The Labute approximate surface area is 184 Å². The average molecular weight is 453 g/mol. The molecular weight excluding hydrogens is 431 g/mol. The van der Waals surface area contributed by atoms with E-state index in [1.807, 2.05) is 32.0 Å². The third-order valence-corrected chi connectivity index (χ3v) is 7.79. The monoisotopic (exact) mass is 452 g/mol. The normalized spacial score (nSPS) is 31.8. The number of anilines is 1. The van der Waals surface area contributed by atoms with Gasteiger partial charge in [0.1, 0.15) is 6.54 Å². The maximum Gasteiger partial charge on any atom is 0.326 e. The molecule has 30 heavy (non-hydrogen) atoms. The molecule has 1 aromatic carbocycles.